The molecule has 2 heterocycles. The average molecular weight is 444 g/mol. The molecule has 0 aliphatic rings. The molecule has 2 aromatic rings. The number of hydrogen-bond donors (Lipinski definition) is 3. The van der Waals surface area contributed by atoms with Crippen LogP contribution in [-0.4, -0.2) is 58.8 Å². The summed E-state index contributed by atoms with van der Waals surface area (Å²) < 4.78 is 5.11. The number of amides is 3. The Labute approximate surface area is 187 Å². The average Bonchev–Trinajstić information content (AvgIpc) is 2.83. The molecule has 0 bridgehead atoms. The van der Waals surface area contributed by atoms with Gasteiger partial charge in [-0.3, -0.25) is 19.6 Å². The molecule has 3 amide bonds. The maximum absolute atomic E-state index is 12.5. The van der Waals surface area contributed by atoms with Crippen molar-refractivity contribution in [2.24, 2.45) is 5.92 Å². The molecule has 0 fully saturated rings. The standard InChI is InChI=1S/C22H29N5O5/c1-3-4-5-8-16(13-27(31)15-28)21(29)23-14-24-22(30)19-11-6-9-17(25-19)18-10-7-12-20(26-18)32-2/h6-7,9-12,15-16,31H,3-5,8,13-14H2,1-2H3,(H,23,29)(H,24,30). The third kappa shape index (κ3) is 7.62. The number of unbranched alkanes of at least 4 members (excludes halogenated alkanes) is 2. The first-order valence-electron chi connectivity index (χ1n) is 10.4. The van der Waals surface area contributed by atoms with Crippen LogP contribution in [0, 0.1) is 5.92 Å². The number of ether oxygens (including phenoxy) is 1. The van der Waals surface area contributed by atoms with Gasteiger partial charge in [-0.1, -0.05) is 38.3 Å². The second kappa shape index (κ2) is 13.0. The van der Waals surface area contributed by atoms with Crippen LogP contribution < -0.4 is 15.4 Å². The SMILES string of the molecule is CCCCCC(CN(O)C=O)C(=O)NCNC(=O)c1cccc(-c2cccc(OC)n2)n1. The lowest BCUT2D eigenvalue weighted by Crippen LogP contribution is -2.43. The zero-order valence-corrected chi connectivity index (χ0v) is 18.3. The van der Waals surface area contributed by atoms with Gasteiger partial charge < -0.3 is 15.4 Å². The molecule has 0 radical (unpaired) electrons. The Morgan fingerprint density at radius 2 is 1.84 bits per heavy atom. The summed E-state index contributed by atoms with van der Waals surface area (Å²) in [5.74, 6) is -0.959. The van der Waals surface area contributed by atoms with Crippen molar-refractivity contribution in [2.75, 3.05) is 20.3 Å². The number of hydrogen-bond acceptors (Lipinski definition) is 7. The smallest absolute Gasteiger partial charge is 0.271 e. The second-order valence-electron chi connectivity index (χ2n) is 7.12. The highest BCUT2D eigenvalue weighted by Gasteiger charge is 2.20. The van der Waals surface area contributed by atoms with E-state index in [0.717, 1.165) is 19.3 Å². The fraction of sp³-hybridized carbons (Fsp3) is 0.409. The Kier molecular flexibility index (Phi) is 10.1. The summed E-state index contributed by atoms with van der Waals surface area (Å²) in [5.41, 5.74) is 1.24. The summed E-state index contributed by atoms with van der Waals surface area (Å²) in [6, 6.07) is 10.2. The number of nitrogens with one attached hydrogen (secondary N) is 2. The van der Waals surface area contributed by atoms with Gasteiger partial charge >= 0.3 is 0 Å². The molecule has 0 aromatic carbocycles. The third-order valence-corrected chi connectivity index (χ3v) is 4.74. The number of methoxy groups -OCH3 is 1. The van der Waals surface area contributed by atoms with Crippen molar-refractivity contribution in [1.82, 2.24) is 25.7 Å². The van der Waals surface area contributed by atoms with Crippen LogP contribution in [0.25, 0.3) is 11.4 Å². The number of rotatable bonds is 13. The van der Waals surface area contributed by atoms with Crippen LogP contribution in [0.2, 0.25) is 0 Å². The van der Waals surface area contributed by atoms with Gasteiger partial charge in [-0.15, -0.1) is 0 Å². The molecule has 0 saturated heterocycles. The molecule has 2 rings (SSSR count). The molecule has 10 heteroatoms. The van der Waals surface area contributed by atoms with Crippen LogP contribution in [0.3, 0.4) is 0 Å². The molecule has 1 unspecified atom stereocenters. The number of hydroxylamine groups is 2. The highest BCUT2D eigenvalue weighted by atomic mass is 16.5. The molecule has 32 heavy (non-hydrogen) atoms. The van der Waals surface area contributed by atoms with Gasteiger partial charge in [0.15, 0.2) is 0 Å². The first kappa shape index (κ1) is 24.7. The Bertz CT molecular complexity index is 908. The molecule has 0 saturated carbocycles. The van der Waals surface area contributed by atoms with Gasteiger partial charge in [0.05, 0.1) is 37.6 Å². The van der Waals surface area contributed by atoms with Crippen molar-refractivity contribution >= 4 is 18.2 Å². The molecule has 0 aliphatic heterocycles. The number of carbonyl (C=O) groups excluding carboxylic acids is 3. The molecule has 172 valence electrons. The third-order valence-electron chi connectivity index (χ3n) is 4.74. The van der Waals surface area contributed by atoms with Crippen molar-refractivity contribution in [3.8, 4) is 17.3 Å². The topological polar surface area (TPSA) is 134 Å². The lowest BCUT2D eigenvalue weighted by Gasteiger charge is -2.19. The van der Waals surface area contributed by atoms with E-state index in [9.17, 15) is 19.6 Å². The summed E-state index contributed by atoms with van der Waals surface area (Å²) >= 11 is 0. The van der Waals surface area contributed by atoms with E-state index in [0.29, 0.717) is 28.8 Å². The normalized spacial score (nSPS) is 11.3. The fourth-order valence-electron chi connectivity index (χ4n) is 3.04. The Morgan fingerprint density at radius 1 is 1.12 bits per heavy atom. The highest BCUT2D eigenvalue weighted by Crippen LogP contribution is 2.18. The Balaban J connectivity index is 1.94. The summed E-state index contributed by atoms with van der Waals surface area (Å²) in [6.45, 7) is 1.82. The molecular weight excluding hydrogens is 414 g/mol. The monoisotopic (exact) mass is 443 g/mol. The van der Waals surface area contributed by atoms with Crippen molar-refractivity contribution < 1.29 is 24.3 Å². The summed E-state index contributed by atoms with van der Waals surface area (Å²) in [7, 11) is 1.52. The van der Waals surface area contributed by atoms with Crippen molar-refractivity contribution in [3.05, 3.63) is 42.1 Å². The van der Waals surface area contributed by atoms with Crippen LogP contribution in [0.15, 0.2) is 36.4 Å². The van der Waals surface area contributed by atoms with Crippen LogP contribution in [0.1, 0.15) is 43.1 Å². The number of carbonyl (C=O) groups is 3. The summed E-state index contributed by atoms with van der Waals surface area (Å²) in [4.78, 5) is 44.3. The minimum atomic E-state index is -0.575. The van der Waals surface area contributed by atoms with Crippen LogP contribution >= 0.6 is 0 Å². The van der Waals surface area contributed by atoms with E-state index in [-0.39, 0.29) is 31.2 Å². The maximum atomic E-state index is 12.5. The van der Waals surface area contributed by atoms with Gasteiger partial charge in [-0.2, -0.15) is 0 Å². The van der Waals surface area contributed by atoms with E-state index < -0.39 is 11.8 Å². The molecule has 3 N–H and O–H groups in total. The predicted octanol–water partition coefficient (Wildman–Crippen LogP) is 2.00. The van der Waals surface area contributed by atoms with Gasteiger partial charge in [-0.25, -0.2) is 15.0 Å². The Hall–Kier alpha value is -3.53. The molecule has 1 atom stereocenters. The number of pyridine rings is 2. The molecule has 0 spiro atoms. The first-order valence-corrected chi connectivity index (χ1v) is 10.4. The minimum absolute atomic E-state index is 0.107. The van der Waals surface area contributed by atoms with Crippen LogP contribution in [0.5, 0.6) is 5.88 Å². The highest BCUT2D eigenvalue weighted by molar-refractivity contribution is 5.93. The van der Waals surface area contributed by atoms with Crippen molar-refractivity contribution in [1.29, 1.82) is 0 Å². The van der Waals surface area contributed by atoms with Crippen LogP contribution in [0.4, 0.5) is 0 Å². The summed E-state index contributed by atoms with van der Waals surface area (Å²) in [6.07, 6.45) is 3.51. The van der Waals surface area contributed by atoms with Crippen molar-refractivity contribution in [2.45, 2.75) is 32.6 Å². The fourth-order valence-corrected chi connectivity index (χ4v) is 3.04. The number of aromatic nitrogens is 2. The lowest BCUT2D eigenvalue weighted by molar-refractivity contribution is -0.154. The lowest BCUT2D eigenvalue weighted by atomic mass is 10.0. The number of nitrogens with zero attached hydrogens (tertiary/aromatic N) is 3. The van der Waals surface area contributed by atoms with E-state index in [1.807, 2.05) is 6.92 Å². The van der Waals surface area contributed by atoms with Gasteiger partial charge in [0.1, 0.15) is 5.69 Å². The minimum Gasteiger partial charge on any atom is -0.481 e. The van der Waals surface area contributed by atoms with Crippen molar-refractivity contribution in [3.63, 3.8) is 0 Å². The zero-order chi connectivity index (χ0) is 23.3. The predicted molar refractivity (Wildman–Crippen MR) is 117 cm³/mol. The summed E-state index contributed by atoms with van der Waals surface area (Å²) in [5, 5.41) is 15.1. The molecule has 0 aliphatic carbocycles. The molecular formula is C22H29N5O5. The molecule has 2 aromatic heterocycles. The largest absolute Gasteiger partial charge is 0.481 e. The second-order valence-corrected chi connectivity index (χ2v) is 7.12. The van der Waals surface area contributed by atoms with E-state index >= 15 is 0 Å². The first-order chi connectivity index (χ1) is 15.5. The molecule has 10 nitrogen and oxygen atoms in total. The van der Waals surface area contributed by atoms with E-state index in [4.69, 9.17) is 4.74 Å². The Morgan fingerprint density at radius 3 is 2.53 bits per heavy atom. The quantitative estimate of drug-likeness (QED) is 0.142. The van der Waals surface area contributed by atoms with E-state index in [1.165, 1.54) is 7.11 Å². The van der Waals surface area contributed by atoms with Gasteiger partial charge in [0, 0.05) is 6.07 Å². The van der Waals surface area contributed by atoms with Gasteiger partial charge in [0.2, 0.25) is 18.2 Å². The van der Waals surface area contributed by atoms with Gasteiger partial charge in [-0.05, 0) is 24.6 Å². The maximum Gasteiger partial charge on any atom is 0.271 e. The van der Waals surface area contributed by atoms with E-state index in [1.54, 1.807) is 36.4 Å². The zero-order valence-electron chi connectivity index (χ0n) is 18.3. The van der Waals surface area contributed by atoms with E-state index in [2.05, 4.69) is 20.6 Å². The van der Waals surface area contributed by atoms with Gasteiger partial charge in [0.25, 0.3) is 5.91 Å². The van der Waals surface area contributed by atoms with Crippen LogP contribution in [-0.2, 0) is 9.59 Å².